The number of piperidine rings is 1. The zero-order chi connectivity index (χ0) is 14.5. The Morgan fingerprint density at radius 2 is 2.05 bits per heavy atom. The standard InChI is InChI=1S/C15H19N5O/c1-12-2-5-18-15(19-12)20-8-3-13(4-9-20)11-21-14-10-16-6-7-17-14/h2,5-7,10,13H,3-4,8-9,11H2,1H3. The second-order valence-corrected chi connectivity index (χ2v) is 5.28. The molecule has 1 fully saturated rings. The maximum absolute atomic E-state index is 5.68. The fourth-order valence-electron chi connectivity index (χ4n) is 2.45. The van der Waals surface area contributed by atoms with Crippen LogP contribution in [-0.2, 0) is 0 Å². The van der Waals surface area contributed by atoms with E-state index in [0.29, 0.717) is 18.4 Å². The molecule has 0 atom stereocenters. The molecule has 6 heteroatoms. The summed E-state index contributed by atoms with van der Waals surface area (Å²) in [6.07, 6.45) is 8.92. The molecule has 6 nitrogen and oxygen atoms in total. The Bertz CT molecular complexity index is 569. The van der Waals surface area contributed by atoms with E-state index in [1.165, 1.54) is 0 Å². The lowest BCUT2D eigenvalue weighted by Gasteiger charge is -2.31. The molecule has 0 aromatic carbocycles. The molecular formula is C15H19N5O. The van der Waals surface area contributed by atoms with E-state index in [1.54, 1.807) is 18.6 Å². The van der Waals surface area contributed by atoms with Gasteiger partial charge in [-0.3, -0.25) is 4.98 Å². The Morgan fingerprint density at radius 1 is 1.19 bits per heavy atom. The molecule has 0 radical (unpaired) electrons. The molecule has 3 rings (SSSR count). The van der Waals surface area contributed by atoms with Crippen molar-refractivity contribution in [3.63, 3.8) is 0 Å². The van der Waals surface area contributed by atoms with Crippen molar-refractivity contribution in [2.45, 2.75) is 19.8 Å². The van der Waals surface area contributed by atoms with Gasteiger partial charge in [-0.2, -0.15) is 0 Å². The molecule has 0 aliphatic carbocycles. The molecule has 0 bridgehead atoms. The lowest BCUT2D eigenvalue weighted by molar-refractivity contribution is 0.215. The van der Waals surface area contributed by atoms with E-state index in [1.807, 2.05) is 19.2 Å². The Balaban J connectivity index is 1.49. The number of hydrogen-bond acceptors (Lipinski definition) is 6. The Labute approximate surface area is 124 Å². The van der Waals surface area contributed by atoms with Gasteiger partial charge in [0, 0.05) is 37.4 Å². The number of aryl methyl sites for hydroxylation is 1. The van der Waals surface area contributed by atoms with Gasteiger partial charge >= 0.3 is 0 Å². The Kier molecular flexibility index (Phi) is 4.23. The molecule has 1 saturated heterocycles. The van der Waals surface area contributed by atoms with Gasteiger partial charge in [-0.15, -0.1) is 0 Å². The normalized spacial score (nSPS) is 16.0. The highest BCUT2D eigenvalue weighted by atomic mass is 16.5. The van der Waals surface area contributed by atoms with Crippen molar-refractivity contribution in [3.05, 3.63) is 36.5 Å². The van der Waals surface area contributed by atoms with Crippen molar-refractivity contribution in [3.8, 4) is 5.88 Å². The van der Waals surface area contributed by atoms with E-state index in [9.17, 15) is 0 Å². The zero-order valence-electron chi connectivity index (χ0n) is 12.1. The maximum Gasteiger partial charge on any atom is 0.232 e. The van der Waals surface area contributed by atoms with Crippen LogP contribution in [0.2, 0.25) is 0 Å². The summed E-state index contributed by atoms with van der Waals surface area (Å²) in [5.41, 5.74) is 1.01. The van der Waals surface area contributed by atoms with Crippen molar-refractivity contribution < 1.29 is 4.74 Å². The number of aromatic nitrogens is 4. The van der Waals surface area contributed by atoms with Crippen LogP contribution in [0, 0.1) is 12.8 Å². The highest BCUT2D eigenvalue weighted by Crippen LogP contribution is 2.21. The maximum atomic E-state index is 5.68. The van der Waals surface area contributed by atoms with Crippen molar-refractivity contribution >= 4 is 5.95 Å². The van der Waals surface area contributed by atoms with Gasteiger partial charge in [0.05, 0.1) is 12.8 Å². The van der Waals surface area contributed by atoms with Gasteiger partial charge < -0.3 is 9.64 Å². The first-order valence-corrected chi connectivity index (χ1v) is 7.24. The smallest absolute Gasteiger partial charge is 0.232 e. The summed E-state index contributed by atoms with van der Waals surface area (Å²) >= 11 is 0. The quantitative estimate of drug-likeness (QED) is 0.854. The van der Waals surface area contributed by atoms with Crippen LogP contribution in [0.5, 0.6) is 5.88 Å². The first kappa shape index (κ1) is 13.7. The van der Waals surface area contributed by atoms with Gasteiger partial charge in [-0.05, 0) is 31.7 Å². The molecule has 0 unspecified atom stereocenters. The minimum absolute atomic E-state index is 0.549. The fraction of sp³-hybridized carbons (Fsp3) is 0.467. The largest absolute Gasteiger partial charge is 0.476 e. The summed E-state index contributed by atoms with van der Waals surface area (Å²) in [5.74, 6) is 1.98. The molecular weight excluding hydrogens is 266 g/mol. The average molecular weight is 285 g/mol. The van der Waals surface area contributed by atoms with E-state index in [2.05, 4.69) is 24.8 Å². The van der Waals surface area contributed by atoms with E-state index in [4.69, 9.17) is 4.74 Å². The van der Waals surface area contributed by atoms with Gasteiger partial charge in [0.1, 0.15) is 0 Å². The number of anilines is 1. The minimum atomic E-state index is 0.549. The molecule has 1 aliphatic heterocycles. The van der Waals surface area contributed by atoms with Crippen molar-refractivity contribution in [1.29, 1.82) is 0 Å². The summed E-state index contributed by atoms with van der Waals surface area (Å²) in [6, 6.07) is 1.92. The van der Waals surface area contributed by atoms with E-state index in [0.717, 1.165) is 37.6 Å². The van der Waals surface area contributed by atoms with Gasteiger partial charge in [-0.1, -0.05) is 0 Å². The molecule has 2 aromatic rings. The van der Waals surface area contributed by atoms with E-state index < -0.39 is 0 Å². The molecule has 0 spiro atoms. The second-order valence-electron chi connectivity index (χ2n) is 5.28. The van der Waals surface area contributed by atoms with Crippen LogP contribution in [0.4, 0.5) is 5.95 Å². The van der Waals surface area contributed by atoms with Crippen LogP contribution in [0.15, 0.2) is 30.9 Å². The van der Waals surface area contributed by atoms with Gasteiger partial charge in [0.15, 0.2) is 0 Å². The van der Waals surface area contributed by atoms with Gasteiger partial charge in [0.2, 0.25) is 11.8 Å². The van der Waals surface area contributed by atoms with Crippen LogP contribution < -0.4 is 9.64 Å². The summed E-state index contributed by atoms with van der Waals surface area (Å²) in [4.78, 5) is 19.2. The van der Waals surface area contributed by atoms with Crippen molar-refractivity contribution in [1.82, 2.24) is 19.9 Å². The van der Waals surface area contributed by atoms with Crippen LogP contribution in [0.25, 0.3) is 0 Å². The number of rotatable bonds is 4. The lowest BCUT2D eigenvalue weighted by Crippen LogP contribution is -2.36. The Morgan fingerprint density at radius 3 is 2.76 bits per heavy atom. The topological polar surface area (TPSA) is 64.0 Å². The second kappa shape index (κ2) is 6.47. The van der Waals surface area contributed by atoms with Crippen LogP contribution >= 0.6 is 0 Å². The molecule has 0 saturated carbocycles. The molecule has 110 valence electrons. The van der Waals surface area contributed by atoms with Gasteiger partial charge in [0.25, 0.3) is 0 Å². The first-order chi connectivity index (χ1) is 10.3. The molecule has 0 amide bonds. The molecule has 1 aliphatic rings. The third-order valence-electron chi connectivity index (χ3n) is 3.69. The lowest BCUT2D eigenvalue weighted by atomic mass is 9.98. The number of nitrogens with zero attached hydrogens (tertiary/aromatic N) is 5. The summed E-state index contributed by atoms with van der Waals surface area (Å²) in [5, 5.41) is 0. The average Bonchev–Trinajstić information content (AvgIpc) is 2.54. The predicted octanol–water partition coefficient (Wildman–Crippen LogP) is 1.87. The number of ether oxygens (including phenoxy) is 1. The summed E-state index contributed by atoms with van der Waals surface area (Å²) in [7, 11) is 0. The SMILES string of the molecule is Cc1ccnc(N2CCC(COc3cnccn3)CC2)n1. The van der Waals surface area contributed by atoms with Crippen LogP contribution in [-0.4, -0.2) is 39.6 Å². The third-order valence-corrected chi connectivity index (χ3v) is 3.69. The minimum Gasteiger partial charge on any atom is -0.476 e. The van der Waals surface area contributed by atoms with Crippen LogP contribution in [0.3, 0.4) is 0 Å². The van der Waals surface area contributed by atoms with Crippen LogP contribution in [0.1, 0.15) is 18.5 Å². The first-order valence-electron chi connectivity index (χ1n) is 7.24. The monoisotopic (exact) mass is 285 g/mol. The Hall–Kier alpha value is -2.24. The van der Waals surface area contributed by atoms with E-state index >= 15 is 0 Å². The van der Waals surface area contributed by atoms with Gasteiger partial charge in [-0.25, -0.2) is 15.0 Å². The molecule has 3 heterocycles. The number of hydrogen-bond donors (Lipinski definition) is 0. The highest BCUT2D eigenvalue weighted by molar-refractivity contribution is 5.30. The predicted molar refractivity (Wildman–Crippen MR) is 79.2 cm³/mol. The zero-order valence-corrected chi connectivity index (χ0v) is 12.1. The van der Waals surface area contributed by atoms with E-state index in [-0.39, 0.29) is 0 Å². The highest BCUT2D eigenvalue weighted by Gasteiger charge is 2.21. The molecule has 2 aromatic heterocycles. The fourth-order valence-corrected chi connectivity index (χ4v) is 2.45. The third kappa shape index (κ3) is 3.65. The summed E-state index contributed by atoms with van der Waals surface area (Å²) < 4.78 is 5.68. The van der Waals surface area contributed by atoms with Crippen molar-refractivity contribution in [2.75, 3.05) is 24.6 Å². The summed E-state index contributed by atoms with van der Waals surface area (Å²) in [6.45, 7) is 4.63. The van der Waals surface area contributed by atoms with Crippen molar-refractivity contribution in [2.24, 2.45) is 5.92 Å². The molecule has 0 N–H and O–H groups in total. The molecule has 21 heavy (non-hydrogen) atoms.